The van der Waals surface area contributed by atoms with Gasteiger partial charge in [-0.15, -0.1) is 0 Å². The smallest absolute Gasteiger partial charge is 0.238 e. The number of nitrogens with one attached hydrogen (secondary N) is 2. The maximum atomic E-state index is 12.0. The number of sulfone groups is 1. The predicted molar refractivity (Wildman–Crippen MR) is 65.5 cm³/mol. The zero-order valence-electron chi connectivity index (χ0n) is 9.94. The third-order valence-corrected chi connectivity index (χ3v) is 5.73. The number of carbonyl (C=O) groups excluding carboxylic acids is 1. The van der Waals surface area contributed by atoms with Gasteiger partial charge in [-0.2, -0.15) is 0 Å². The van der Waals surface area contributed by atoms with E-state index >= 15 is 0 Å². The van der Waals surface area contributed by atoms with E-state index in [0.29, 0.717) is 12.8 Å². The first kappa shape index (κ1) is 12.8. The van der Waals surface area contributed by atoms with Gasteiger partial charge in [-0.3, -0.25) is 4.79 Å². The Morgan fingerprint density at radius 1 is 1.12 bits per heavy atom. The molecular weight excluding hydrogens is 240 g/mol. The maximum Gasteiger partial charge on any atom is 0.238 e. The van der Waals surface area contributed by atoms with Gasteiger partial charge < -0.3 is 10.6 Å². The minimum Gasteiger partial charge on any atom is -0.352 e. The first-order valence-electron chi connectivity index (χ1n) is 6.32. The summed E-state index contributed by atoms with van der Waals surface area (Å²) in [4.78, 5) is 12.0. The average molecular weight is 260 g/mol. The first-order chi connectivity index (χ1) is 8.09. The topological polar surface area (TPSA) is 75.3 Å². The summed E-state index contributed by atoms with van der Waals surface area (Å²) in [5.41, 5.74) is 0. The van der Waals surface area contributed by atoms with E-state index in [9.17, 15) is 13.2 Å². The van der Waals surface area contributed by atoms with E-state index in [2.05, 4.69) is 10.6 Å². The molecule has 17 heavy (non-hydrogen) atoms. The summed E-state index contributed by atoms with van der Waals surface area (Å²) in [5, 5.41) is 5.30. The fourth-order valence-electron chi connectivity index (χ4n) is 2.51. The second kappa shape index (κ2) is 5.35. The molecule has 98 valence electrons. The SMILES string of the molecule is O=C(NC1CCNCC1)C1CCCCS1(=O)=O. The molecule has 2 fully saturated rings. The molecule has 0 aliphatic carbocycles. The van der Waals surface area contributed by atoms with Crippen LogP contribution >= 0.6 is 0 Å². The molecule has 0 spiro atoms. The Morgan fingerprint density at radius 3 is 2.47 bits per heavy atom. The van der Waals surface area contributed by atoms with Crippen LogP contribution in [0.3, 0.4) is 0 Å². The second-order valence-electron chi connectivity index (χ2n) is 4.88. The quantitative estimate of drug-likeness (QED) is 0.722. The molecule has 1 atom stereocenters. The van der Waals surface area contributed by atoms with Gasteiger partial charge in [-0.1, -0.05) is 6.42 Å². The van der Waals surface area contributed by atoms with Crippen LogP contribution in [0.5, 0.6) is 0 Å². The zero-order valence-corrected chi connectivity index (χ0v) is 10.8. The highest BCUT2D eigenvalue weighted by atomic mass is 32.2. The summed E-state index contributed by atoms with van der Waals surface area (Å²) in [6.07, 6.45) is 3.79. The number of amides is 1. The normalized spacial score (nSPS) is 29.8. The molecule has 0 aromatic carbocycles. The van der Waals surface area contributed by atoms with Gasteiger partial charge in [0.05, 0.1) is 5.75 Å². The molecule has 0 aromatic rings. The molecule has 0 bridgehead atoms. The highest BCUT2D eigenvalue weighted by Gasteiger charge is 2.35. The molecule has 6 heteroatoms. The van der Waals surface area contributed by atoms with Crippen LogP contribution in [-0.4, -0.2) is 44.5 Å². The van der Waals surface area contributed by atoms with Gasteiger partial charge in [0, 0.05) is 6.04 Å². The van der Waals surface area contributed by atoms with E-state index < -0.39 is 15.1 Å². The molecule has 2 aliphatic rings. The van der Waals surface area contributed by atoms with E-state index in [-0.39, 0.29) is 17.7 Å². The van der Waals surface area contributed by atoms with Gasteiger partial charge >= 0.3 is 0 Å². The van der Waals surface area contributed by atoms with Crippen LogP contribution in [0.2, 0.25) is 0 Å². The van der Waals surface area contributed by atoms with E-state index in [4.69, 9.17) is 0 Å². The molecule has 2 N–H and O–H groups in total. The van der Waals surface area contributed by atoms with Crippen molar-refractivity contribution in [3.8, 4) is 0 Å². The van der Waals surface area contributed by atoms with Crippen molar-refractivity contribution in [1.82, 2.24) is 10.6 Å². The number of piperidine rings is 1. The van der Waals surface area contributed by atoms with Crippen molar-refractivity contribution < 1.29 is 13.2 Å². The number of hydrogen-bond donors (Lipinski definition) is 2. The van der Waals surface area contributed by atoms with Gasteiger partial charge in [0.2, 0.25) is 5.91 Å². The van der Waals surface area contributed by atoms with E-state index in [1.54, 1.807) is 0 Å². The predicted octanol–water partition coefficient (Wildman–Crippen LogP) is -0.178. The molecule has 0 saturated carbocycles. The Morgan fingerprint density at radius 2 is 1.82 bits per heavy atom. The average Bonchev–Trinajstić information content (AvgIpc) is 2.29. The third kappa shape index (κ3) is 3.19. The minimum atomic E-state index is -3.20. The van der Waals surface area contributed by atoms with Crippen molar-refractivity contribution in [2.24, 2.45) is 0 Å². The van der Waals surface area contributed by atoms with Gasteiger partial charge in [-0.25, -0.2) is 8.42 Å². The lowest BCUT2D eigenvalue weighted by atomic mass is 10.1. The Bertz CT molecular complexity index is 374. The van der Waals surface area contributed by atoms with Gasteiger partial charge in [0.25, 0.3) is 0 Å². The van der Waals surface area contributed by atoms with Crippen molar-refractivity contribution in [3.05, 3.63) is 0 Å². The minimum absolute atomic E-state index is 0.140. The summed E-state index contributed by atoms with van der Waals surface area (Å²) < 4.78 is 23.6. The molecule has 1 amide bonds. The Hall–Kier alpha value is -0.620. The van der Waals surface area contributed by atoms with Crippen LogP contribution in [0, 0.1) is 0 Å². The molecular formula is C11H20N2O3S. The summed E-state index contributed by atoms with van der Waals surface area (Å²) in [5.74, 6) is -0.117. The summed E-state index contributed by atoms with van der Waals surface area (Å²) in [6.45, 7) is 1.78. The third-order valence-electron chi connectivity index (χ3n) is 3.56. The number of carbonyl (C=O) groups is 1. The largest absolute Gasteiger partial charge is 0.352 e. The van der Waals surface area contributed by atoms with Gasteiger partial charge in [-0.05, 0) is 38.8 Å². The molecule has 2 heterocycles. The highest BCUT2D eigenvalue weighted by Crippen LogP contribution is 2.20. The monoisotopic (exact) mass is 260 g/mol. The van der Waals surface area contributed by atoms with Crippen molar-refractivity contribution in [1.29, 1.82) is 0 Å². The number of hydrogen-bond acceptors (Lipinski definition) is 4. The maximum absolute atomic E-state index is 12.0. The summed E-state index contributed by atoms with van der Waals surface area (Å²) in [6, 6.07) is 0.140. The van der Waals surface area contributed by atoms with Crippen LogP contribution in [0.1, 0.15) is 32.1 Å². The lowest BCUT2D eigenvalue weighted by molar-refractivity contribution is -0.121. The fourth-order valence-corrected chi connectivity index (χ4v) is 4.32. The second-order valence-corrected chi connectivity index (χ2v) is 7.19. The molecule has 2 saturated heterocycles. The standard InChI is InChI=1S/C11H20N2O3S/c14-11(13-9-4-6-12-7-5-9)10-3-1-2-8-17(10,15)16/h9-10,12H,1-8H2,(H,13,14). The molecule has 0 aromatic heterocycles. The molecule has 0 radical (unpaired) electrons. The van der Waals surface area contributed by atoms with Crippen LogP contribution in [0.15, 0.2) is 0 Å². The Labute approximate surface area is 102 Å². The zero-order chi connectivity index (χ0) is 12.3. The van der Waals surface area contributed by atoms with Crippen molar-refractivity contribution in [3.63, 3.8) is 0 Å². The summed E-state index contributed by atoms with van der Waals surface area (Å²) in [7, 11) is -3.20. The number of rotatable bonds is 2. The van der Waals surface area contributed by atoms with Crippen molar-refractivity contribution in [2.45, 2.75) is 43.4 Å². The van der Waals surface area contributed by atoms with Crippen LogP contribution in [-0.2, 0) is 14.6 Å². The fraction of sp³-hybridized carbons (Fsp3) is 0.909. The van der Waals surface area contributed by atoms with E-state index in [1.165, 1.54) is 0 Å². The highest BCUT2D eigenvalue weighted by molar-refractivity contribution is 7.92. The lowest BCUT2D eigenvalue weighted by Gasteiger charge is -2.27. The first-order valence-corrected chi connectivity index (χ1v) is 8.04. The Balaban J connectivity index is 1.94. The van der Waals surface area contributed by atoms with Crippen LogP contribution in [0.4, 0.5) is 0 Å². The molecule has 2 aliphatic heterocycles. The Kier molecular flexibility index (Phi) is 4.04. The van der Waals surface area contributed by atoms with E-state index in [1.807, 2.05) is 0 Å². The van der Waals surface area contributed by atoms with Crippen molar-refractivity contribution in [2.75, 3.05) is 18.8 Å². The van der Waals surface area contributed by atoms with Crippen LogP contribution in [0.25, 0.3) is 0 Å². The molecule has 2 rings (SSSR count). The van der Waals surface area contributed by atoms with Gasteiger partial charge in [0.1, 0.15) is 5.25 Å². The van der Waals surface area contributed by atoms with Gasteiger partial charge in [0.15, 0.2) is 9.84 Å². The van der Waals surface area contributed by atoms with E-state index in [0.717, 1.165) is 32.4 Å². The lowest BCUT2D eigenvalue weighted by Crippen LogP contribution is -2.49. The molecule has 5 nitrogen and oxygen atoms in total. The molecule has 1 unspecified atom stereocenters. The van der Waals surface area contributed by atoms with Crippen molar-refractivity contribution >= 4 is 15.7 Å². The van der Waals surface area contributed by atoms with Crippen LogP contribution < -0.4 is 10.6 Å². The summed E-state index contributed by atoms with van der Waals surface area (Å²) >= 11 is 0.